The number of nitrogens with zero attached hydrogens (tertiary/aromatic N) is 2. The molecule has 13 heteroatoms. The van der Waals surface area contributed by atoms with E-state index in [1.807, 2.05) is 76.3 Å². The van der Waals surface area contributed by atoms with Crippen LogP contribution in [-0.4, -0.2) is 60.5 Å². The minimum atomic E-state index is -1.64. The highest BCUT2D eigenvalue weighted by Gasteiger charge is 2.21. The van der Waals surface area contributed by atoms with Crippen LogP contribution in [0.4, 0.5) is 0 Å². The van der Waals surface area contributed by atoms with Gasteiger partial charge in [-0.25, -0.2) is 4.57 Å². The first kappa shape index (κ1) is 47.2. The van der Waals surface area contributed by atoms with E-state index in [4.69, 9.17) is 4.65 Å². The number of carbonyl (C=O) groups is 2. The molecule has 1 radical (unpaired) electrons. The Morgan fingerprint density at radius 3 is 1.93 bits per heavy atom. The summed E-state index contributed by atoms with van der Waals surface area (Å²) in [6.45, 7) is 1.38. The van der Waals surface area contributed by atoms with Gasteiger partial charge < -0.3 is 30.4 Å². The van der Waals surface area contributed by atoms with Crippen LogP contribution in [0.2, 0.25) is 0 Å². The summed E-state index contributed by atoms with van der Waals surface area (Å²) in [5.74, 6) is 1.25. The van der Waals surface area contributed by atoms with Gasteiger partial charge in [0.15, 0.2) is 37.9 Å². The molecule has 0 saturated heterocycles. The Morgan fingerprint density at radius 2 is 1.26 bits per heavy atom. The van der Waals surface area contributed by atoms with Crippen LogP contribution < -0.4 is 29.9 Å². The van der Waals surface area contributed by atoms with Crippen LogP contribution in [0.5, 0.6) is 5.75 Å². The van der Waals surface area contributed by atoms with Crippen molar-refractivity contribution in [3.05, 3.63) is 108 Å². The van der Waals surface area contributed by atoms with Crippen LogP contribution in [0.25, 0.3) is 11.1 Å². The van der Waals surface area contributed by atoms with Crippen LogP contribution in [0.15, 0.2) is 91.5 Å². The molecule has 0 spiro atoms. The predicted molar refractivity (Wildman–Crippen MR) is 232 cm³/mol. The molecule has 305 valence electrons. The summed E-state index contributed by atoms with van der Waals surface area (Å²) < 4.78 is 9.13. The van der Waals surface area contributed by atoms with Crippen molar-refractivity contribution < 1.29 is 38.4 Å². The second kappa shape index (κ2) is 27.5. The van der Waals surface area contributed by atoms with E-state index in [-0.39, 0.29) is 25.8 Å². The number of nitrogens with one attached hydrogen (secondary N) is 2. The number of hydrogen-bond acceptors (Lipinski definition) is 7. The van der Waals surface area contributed by atoms with Crippen LogP contribution in [0.3, 0.4) is 0 Å². The van der Waals surface area contributed by atoms with Gasteiger partial charge in [-0.3, -0.25) is 9.59 Å². The third kappa shape index (κ3) is 17.5. The molecule has 0 aliphatic carbocycles. The molecular formula is C44H63B2N4O6S+2. The number of benzene rings is 2. The number of amides is 2. The molecule has 57 heavy (non-hydrogen) atoms. The maximum atomic E-state index is 13.5. The smallest absolute Gasteiger partial charge is 0.537 e. The first-order valence-corrected chi connectivity index (χ1v) is 20.8. The van der Waals surface area contributed by atoms with Crippen molar-refractivity contribution in [3.63, 3.8) is 0 Å². The maximum absolute atomic E-state index is 13.5. The molecule has 2 aromatic heterocycles. The molecule has 2 amide bonds. The van der Waals surface area contributed by atoms with E-state index in [1.165, 1.54) is 64.2 Å². The quantitative estimate of drug-likeness (QED) is 0.0205. The molecule has 0 aliphatic rings. The average Bonchev–Trinajstić information content (AvgIpc) is 3.20. The molecule has 0 aliphatic heterocycles. The van der Waals surface area contributed by atoms with Crippen LogP contribution in [0, 0.1) is 0 Å². The number of carbonyl (C=O) groups excluding carboxylic acids is 2. The Bertz CT molecular complexity index is 1780. The Morgan fingerprint density at radius 1 is 0.684 bits per heavy atom. The number of aromatic nitrogens is 2. The lowest BCUT2D eigenvalue weighted by molar-refractivity contribution is -0.689. The highest BCUT2D eigenvalue weighted by Crippen LogP contribution is 2.20. The van der Waals surface area contributed by atoms with Gasteiger partial charge in [-0.15, -0.1) is 0 Å². The zero-order chi connectivity index (χ0) is 39.8. The van der Waals surface area contributed by atoms with Crippen molar-refractivity contribution in [2.45, 2.75) is 110 Å². The second-order valence-electron chi connectivity index (χ2n) is 14.3. The lowest BCUT2D eigenvalue weighted by atomic mass is 9.77. The van der Waals surface area contributed by atoms with Crippen molar-refractivity contribution in [3.8, 4) is 16.9 Å². The Hall–Kier alpha value is -4.16. The monoisotopic (exact) mass is 797 g/mol. The van der Waals surface area contributed by atoms with Crippen molar-refractivity contribution in [2.24, 2.45) is 0 Å². The van der Waals surface area contributed by atoms with Gasteiger partial charge >= 0.3 is 14.8 Å². The highest BCUT2D eigenvalue weighted by atomic mass is 32.1. The Labute approximate surface area is 347 Å². The summed E-state index contributed by atoms with van der Waals surface area (Å²) in [5.41, 5.74) is 4.01. The van der Waals surface area contributed by atoms with E-state index in [1.54, 1.807) is 24.4 Å². The molecule has 2 aromatic carbocycles. The topological polar surface area (TPSA) is 136 Å². The minimum absolute atomic E-state index is 0. The molecule has 4 rings (SSSR count). The normalized spacial score (nSPS) is 10.7. The second-order valence-corrected chi connectivity index (χ2v) is 14.8. The minimum Gasteiger partial charge on any atom is -0.537 e. The summed E-state index contributed by atoms with van der Waals surface area (Å²) in [6, 6.07) is 20.2. The number of rotatable bonds is 27. The number of para-hydroxylation sites is 1. The van der Waals surface area contributed by atoms with Gasteiger partial charge in [-0.05, 0) is 48.3 Å². The molecular weight excluding hydrogens is 734 g/mol. The highest BCUT2D eigenvalue weighted by molar-refractivity contribution is 7.80. The largest absolute Gasteiger partial charge is 0.569 e. The van der Waals surface area contributed by atoms with Gasteiger partial charge in [0.2, 0.25) is 5.91 Å². The van der Waals surface area contributed by atoms with Crippen molar-refractivity contribution in [2.75, 3.05) is 18.8 Å². The fourth-order valence-electron chi connectivity index (χ4n) is 6.84. The van der Waals surface area contributed by atoms with Crippen LogP contribution in [-0.2, 0) is 17.9 Å². The van der Waals surface area contributed by atoms with Gasteiger partial charge in [0.05, 0.1) is 16.7 Å². The van der Waals surface area contributed by atoms with E-state index in [0.29, 0.717) is 56.1 Å². The van der Waals surface area contributed by atoms with Gasteiger partial charge in [-0.2, -0.15) is 17.2 Å². The van der Waals surface area contributed by atoms with E-state index < -0.39 is 7.12 Å². The first-order chi connectivity index (χ1) is 27.4. The summed E-state index contributed by atoms with van der Waals surface area (Å²) in [5, 5.41) is 35.1. The van der Waals surface area contributed by atoms with E-state index in [9.17, 15) is 24.7 Å². The van der Waals surface area contributed by atoms with Gasteiger partial charge in [0.25, 0.3) is 5.91 Å². The third-order valence-corrected chi connectivity index (χ3v) is 10.2. The maximum Gasteiger partial charge on any atom is 0.569 e. The molecule has 2 heterocycles. The summed E-state index contributed by atoms with van der Waals surface area (Å²) in [7, 11) is -0.971. The third-order valence-electron chi connectivity index (χ3n) is 9.86. The van der Waals surface area contributed by atoms with Crippen LogP contribution >= 0.6 is 12.6 Å². The molecule has 0 unspecified atom stereocenters. The SMILES string of the molecule is C.O=C(CCCCCCCCCCCCCCCS)NCCNC(=O)c1cc(-c2ccc[n+](Cc3ccccc3O[B]O)c2)c[n+](Cc2ccccc2B(O)O)c1. The predicted octanol–water partition coefficient (Wildman–Crippen LogP) is 5.48. The lowest BCUT2D eigenvalue weighted by Crippen LogP contribution is -2.42. The van der Waals surface area contributed by atoms with Gasteiger partial charge in [0, 0.05) is 31.1 Å². The average molecular weight is 798 g/mol. The number of hydrogen-bond donors (Lipinski definition) is 6. The fourth-order valence-corrected chi connectivity index (χ4v) is 7.06. The van der Waals surface area contributed by atoms with Crippen molar-refractivity contribution in [1.29, 1.82) is 0 Å². The number of thiol groups is 1. The Balaban J connectivity index is 0.00000870. The molecule has 0 atom stereocenters. The van der Waals surface area contributed by atoms with E-state index >= 15 is 0 Å². The molecule has 5 N–H and O–H groups in total. The molecule has 4 aromatic rings. The molecule has 10 nitrogen and oxygen atoms in total. The van der Waals surface area contributed by atoms with Gasteiger partial charge in [0.1, 0.15) is 11.3 Å². The molecule has 0 fully saturated rings. The van der Waals surface area contributed by atoms with Crippen molar-refractivity contribution in [1.82, 2.24) is 10.6 Å². The first-order valence-electron chi connectivity index (χ1n) is 20.2. The standard InChI is InChI=1S/C43H57B2N4O6S.CH4/c50-42(24-12-10-8-6-4-2-1-3-5-7-9-11-17-28-56)46-25-26-47-43(51)39-29-38(33-49(34-39)31-36-19-13-15-22-40(36)45(53)54)35-21-18-27-48(30-35)32-37-20-14-16-23-41(37)55-44-52;/h13-16,18-23,27,29-30,33-34,52-54H,1-12,17,24-26,28,31-32H2,(H-2,46,47,50,51,56);1H4/p+2. The van der Waals surface area contributed by atoms with E-state index in [0.717, 1.165) is 41.7 Å². The Kier molecular flexibility index (Phi) is 22.8. The lowest BCUT2D eigenvalue weighted by Gasteiger charge is -2.10. The zero-order valence-electron chi connectivity index (χ0n) is 32.7. The summed E-state index contributed by atoms with van der Waals surface area (Å²) >= 11 is 4.27. The number of unbranched alkanes of at least 4 members (excludes halogenated alkanes) is 12. The van der Waals surface area contributed by atoms with Crippen LogP contribution in [0.1, 0.15) is 119 Å². The fraction of sp³-hybridized carbons (Fsp3) is 0.455. The van der Waals surface area contributed by atoms with Gasteiger partial charge in [-0.1, -0.05) is 114 Å². The molecule has 0 bridgehead atoms. The summed E-state index contributed by atoms with van der Waals surface area (Å²) in [4.78, 5) is 26.0. The van der Waals surface area contributed by atoms with E-state index in [2.05, 4.69) is 23.3 Å². The number of pyridine rings is 2. The zero-order valence-corrected chi connectivity index (χ0v) is 33.6. The molecule has 0 saturated carbocycles. The summed E-state index contributed by atoms with van der Waals surface area (Å²) in [6.07, 6.45) is 24.2. The van der Waals surface area contributed by atoms with Crippen molar-refractivity contribution >= 4 is 44.7 Å².